The number of hydrogen-bond acceptors (Lipinski definition) is 6. The van der Waals surface area contributed by atoms with E-state index in [1.54, 1.807) is 16.9 Å². The summed E-state index contributed by atoms with van der Waals surface area (Å²) in [6.07, 6.45) is 1.57. The highest BCUT2D eigenvalue weighted by atomic mass is 16.5. The molecule has 0 aliphatic carbocycles. The number of aromatic nitrogens is 2. The van der Waals surface area contributed by atoms with Crippen molar-refractivity contribution in [3.63, 3.8) is 0 Å². The normalized spacial score (nSPS) is 10.5. The quantitative estimate of drug-likeness (QED) is 0.784. The summed E-state index contributed by atoms with van der Waals surface area (Å²) in [5.41, 5.74) is -0.0747. The van der Waals surface area contributed by atoms with Crippen LogP contribution >= 0.6 is 0 Å². The van der Waals surface area contributed by atoms with E-state index in [2.05, 4.69) is 10.4 Å². The molecule has 8 heteroatoms. The molecule has 1 aromatic carbocycles. The van der Waals surface area contributed by atoms with Crippen molar-refractivity contribution in [1.29, 1.82) is 0 Å². The Hall–Kier alpha value is -3.03. The molecule has 0 radical (unpaired) electrons. The monoisotopic (exact) mass is 333 g/mol. The molecule has 0 unspecified atom stereocenters. The number of hydrogen-bond donors (Lipinski definition) is 2. The Morgan fingerprint density at radius 1 is 1.33 bits per heavy atom. The van der Waals surface area contributed by atoms with Crippen molar-refractivity contribution >= 4 is 17.7 Å². The molecule has 2 aromatic rings. The lowest BCUT2D eigenvalue weighted by Gasteiger charge is -2.12. The molecule has 0 aliphatic rings. The number of phenols is 1. The van der Waals surface area contributed by atoms with E-state index in [9.17, 15) is 14.7 Å². The van der Waals surface area contributed by atoms with Gasteiger partial charge in [-0.1, -0.05) is 0 Å². The predicted octanol–water partition coefficient (Wildman–Crippen LogP) is 1.97. The zero-order chi connectivity index (χ0) is 17.7. The van der Waals surface area contributed by atoms with Gasteiger partial charge in [0.2, 0.25) is 0 Å². The summed E-state index contributed by atoms with van der Waals surface area (Å²) in [6, 6.07) is 5.88. The summed E-state index contributed by atoms with van der Waals surface area (Å²) < 4.78 is 11.5. The number of nitrogens with one attached hydrogen (secondary N) is 1. The van der Waals surface area contributed by atoms with Crippen molar-refractivity contribution in [2.75, 3.05) is 19.0 Å². The second kappa shape index (κ2) is 7.49. The van der Waals surface area contributed by atoms with Gasteiger partial charge in [0.1, 0.15) is 22.9 Å². The highest BCUT2D eigenvalue weighted by Gasteiger charge is 2.16. The number of phenolic OH excluding ortho intramolecular Hbond substituents is 1. The molecule has 1 heterocycles. The van der Waals surface area contributed by atoms with Crippen molar-refractivity contribution in [1.82, 2.24) is 9.78 Å². The molecule has 0 saturated heterocycles. The number of rotatable bonds is 6. The van der Waals surface area contributed by atoms with E-state index < -0.39 is 18.5 Å². The zero-order valence-corrected chi connectivity index (χ0v) is 13.6. The molecule has 8 nitrogen and oxygen atoms in total. The van der Waals surface area contributed by atoms with Crippen LogP contribution in [0.3, 0.4) is 0 Å². The van der Waals surface area contributed by atoms with Crippen LogP contribution in [0.5, 0.6) is 11.5 Å². The molecule has 0 bridgehead atoms. The first-order valence-corrected chi connectivity index (χ1v) is 7.30. The average Bonchev–Trinajstić information content (AvgIpc) is 3.01. The van der Waals surface area contributed by atoms with Crippen molar-refractivity contribution in [3.8, 4) is 11.5 Å². The van der Waals surface area contributed by atoms with Gasteiger partial charge in [0.05, 0.1) is 13.3 Å². The number of carbonyl (C=O) groups excluding carboxylic acids is 2. The van der Waals surface area contributed by atoms with Gasteiger partial charge in [0.25, 0.3) is 5.91 Å². The Kier molecular flexibility index (Phi) is 5.41. The first-order chi connectivity index (χ1) is 11.4. The molecule has 1 amide bonds. The third kappa shape index (κ3) is 4.03. The minimum atomic E-state index is -0.820. The van der Waals surface area contributed by atoms with Crippen LogP contribution in [-0.2, 0) is 9.53 Å². The molecular weight excluding hydrogens is 314 g/mol. The third-order valence-electron chi connectivity index (χ3n) is 3.18. The molecule has 0 fully saturated rings. The van der Waals surface area contributed by atoms with Gasteiger partial charge in [-0.3, -0.25) is 4.79 Å². The van der Waals surface area contributed by atoms with Crippen molar-refractivity contribution in [3.05, 3.63) is 36.0 Å². The third-order valence-corrected chi connectivity index (χ3v) is 3.18. The number of methoxy groups -OCH3 is 1. The maximum Gasteiger partial charge on any atom is 0.342 e. The largest absolute Gasteiger partial charge is 0.507 e. The van der Waals surface area contributed by atoms with Crippen LogP contribution in [-0.4, -0.2) is 40.5 Å². The lowest BCUT2D eigenvalue weighted by atomic mass is 10.2. The van der Waals surface area contributed by atoms with E-state index in [0.717, 1.165) is 0 Å². The lowest BCUT2D eigenvalue weighted by Crippen LogP contribution is -2.23. The number of carbonyl (C=O) groups is 2. The molecule has 24 heavy (non-hydrogen) atoms. The minimum Gasteiger partial charge on any atom is -0.507 e. The van der Waals surface area contributed by atoms with E-state index in [4.69, 9.17) is 9.47 Å². The molecule has 0 saturated carbocycles. The Labute approximate surface area is 139 Å². The number of ether oxygens (including phenoxy) is 2. The van der Waals surface area contributed by atoms with E-state index in [0.29, 0.717) is 11.6 Å². The SMILES string of the molecule is COc1ccc(O)c(C(=O)OCC(=O)Nc2ccnn2C(C)C)c1. The summed E-state index contributed by atoms with van der Waals surface area (Å²) in [7, 11) is 1.44. The number of aromatic hydroxyl groups is 1. The number of amides is 1. The van der Waals surface area contributed by atoms with E-state index in [1.807, 2.05) is 13.8 Å². The molecule has 0 spiro atoms. The summed E-state index contributed by atoms with van der Waals surface area (Å²) in [4.78, 5) is 23.9. The van der Waals surface area contributed by atoms with Crippen LogP contribution in [0.4, 0.5) is 5.82 Å². The van der Waals surface area contributed by atoms with Crippen LogP contribution in [0.15, 0.2) is 30.5 Å². The van der Waals surface area contributed by atoms with Gasteiger partial charge in [-0.15, -0.1) is 0 Å². The molecule has 0 atom stereocenters. The molecule has 2 N–H and O–H groups in total. The van der Waals surface area contributed by atoms with E-state index in [-0.39, 0.29) is 17.4 Å². The van der Waals surface area contributed by atoms with Crippen LogP contribution in [0, 0.1) is 0 Å². The summed E-state index contributed by atoms with van der Waals surface area (Å²) in [5, 5.41) is 16.4. The van der Waals surface area contributed by atoms with Gasteiger partial charge in [-0.05, 0) is 32.0 Å². The topological polar surface area (TPSA) is 103 Å². The smallest absolute Gasteiger partial charge is 0.342 e. The maximum atomic E-state index is 12.0. The van der Waals surface area contributed by atoms with Crippen LogP contribution in [0.25, 0.3) is 0 Å². The Balaban J connectivity index is 1.96. The van der Waals surface area contributed by atoms with Gasteiger partial charge in [0.15, 0.2) is 6.61 Å². The number of esters is 1. The summed E-state index contributed by atoms with van der Waals surface area (Å²) >= 11 is 0. The van der Waals surface area contributed by atoms with E-state index in [1.165, 1.54) is 25.3 Å². The van der Waals surface area contributed by atoms with Crippen LogP contribution < -0.4 is 10.1 Å². The van der Waals surface area contributed by atoms with Crippen LogP contribution in [0.2, 0.25) is 0 Å². The van der Waals surface area contributed by atoms with Crippen molar-refractivity contribution < 1.29 is 24.2 Å². The van der Waals surface area contributed by atoms with Crippen molar-refractivity contribution in [2.24, 2.45) is 0 Å². The minimum absolute atomic E-state index is 0.0747. The molecule has 128 valence electrons. The molecule has 1 aromatic heterocycles. The predicted molar refractivity (Wildman–Crippen MR) is 86.2 cm³/mol. The fourth-order valence-electron chi connectivity index (χ4n) is 2.02. The van der Waals surface area contributed by atoms with Gasteiger partial charge in [-0.2, -0.15) is 5.10 Å². The number of nitrogens with zero attached hydrogens (tertiary/aromatic N) is 2. The molecular formula is C16H19N3O5. The Morgan fingerprint density at radius 2 is 2.08 bits per heavy atom. The second-order valence-corrected chi connectivity index (χ2v) is 5.26. The first kappa shape index (κ1) is 17.3. The van der Waals surface area contributed by atoms with Crippen molar-refractivity contribution in [2.45, 2.75) is 19.9 Å². The summed E-state index contributed by atoms with van der Waals surface area (Å²) in [5.74, 6) is -0.675. The maximum absolute atomic E-state index is 12.0. The highest BCUT2D eigenvalue weighted by molar-refractivity contribution is 5.96. The fourth-order valence-corrected chi connectivity index (χ4v) is 2.02. The standard InChI is InChI=1S/C16H19N3O5/c1-10(2)19-14(6-7-17-19)18-15(21)9-24-16(22)12-8-11(23-3)4-5-13(12)20/h4-8,10,20H,9H2,1-3H3,(H,18,21). The van der Waals surface area contributed by atoms with Gasteiger partial charge in [0, 0.05) is 12.1 Å². The average molecular weight is 333 g/mol. The Morgan fingerprint density at radius 3 is 2.75 bits per heavy atom. The van der Waals surface area contributed by atoms with Gasteiger partial charge < -0.3 is 19.9 Å². The van der Waals surface area contributed by atoms with Gasteiger partial charge >= 0.3 is 5.97 Å². The summed E-state index contributed by atoms with van der Waals surface area (Å²) in [6.45, 7) is 3.36. The molecule has 2 rings (SSSR count). The Bertz CT molecular complexity index is 739. The fraction of sp³-hybridized carbons (Fsp3) is 0.312. The van der Waals surface area contributed by atoms with Crippen LogP contribution in [0.1, 0.15) is 30.2 Å². The van der Waals surface area contributed by atoms with E-state index >= 15 is 0 Å². The second-order valence-electron chi connectivity index (χ2n) is 5.26. The lowest BCUT2D eigenvalue weighted by molar-refractivity contribution is -0.119. The zero-order valence-electron chi connectivity index (χ0n) is 13.6. The highest BCUT2D eigenvalue weighted by Crippen LogP contribution is 2.23. The number of benzene rings is 1. The number of anilines is 1. The van der Waals surface area contributed by atoms with Gasteiger partial charge in [-0.25, -0.2) is 9.48 Å². The molecule has 0 aliphatic heterocycles. The first-order valence-electron chi connectivity index (χ1n) is 7.30.